The van der Waals surface area contributed by atoms with Gasteiger partial charge in [0.25, 0.3) is 0 Å². The molecule has 2 aromatic heterocycles. The number of imidazole rings is 1. The molecule has 2 aliphatic rings. The van der Waals surface area contributed by atoms with Gasteiger partial charge in [-0.15, -0.1) is 0 Å². The number of nitrogen functional groups attached to an aromatic ring is 1. The molecule has 0 saturated carbocycles. The van der Waals surface area contributed by atoms with Crippen molar-refractivity contribution in [2.45, 2.75) is 26.2 Å². The van der Waals surface area contributed by atoms with Gasteiger partial charge in [0.15, 0.2) is 11.5 Å². The molecule has 2 saturated heterocycles. The maximum Gasteiger partial charge on any atom is 0.327 e. The Morgan fingerprint density at radius 3 is 2.66 bits per heavy atom. The Balaban J connectivity index is 1.45. The van der Waals surface area contributed by atoms with Crippen LogP contribution in [0.25, 0.3) is 11.2 Å². The summed E-state index contributed by atoms with van der Waals surface area (Å²) >= 11 is 5.57. The van der Waals surface area contributed by atoms with E-state index in [0.29, 0.717) is 36.8 Å². The molecule has 9 nitrogen and oxygen atoms in total. The zero-order chi connectivity index (χ0) is 20.4. The standard InChI is InChI=1S/C16H24N5O4PS3/c1-10-11(2)16(21-9-20-13-14(17)18-8-19-15(13)21)25-12(10)7-24-26(27)22-3-5-28-29-6-4-23-26/h8-12,16H,3-7H2,1-2H3,(H2,17,18,19)/t10?,11?,12-,16-/m1/s1. The van der Waals surface area contributed by atoms with Gasteiger partial charge in [-0.25, -0.2) is 15.0 Å². The van der Waals surface area contributed by atoms with E-state index >= 15 is 0 Å². The van der Waals surface area contributed by atoms with Gasteiger partial charge in [-0.2, -0.15) is 0 Å². The first-order chi connectivity index (χ1) is 14.0. The van der Waals surface area contributed by atoms with E-state index in [9.17, 15) is 0 Å². The average Bonchev–Trinajstić information content (AvgIpc) is 3.27. The second kappa shape index (κ2) is 9.35. The molecule has 2 unspecified atom stereocenters. The van der Waals surface area contributed by atoms with Gasteiger partial charge in [0, 0.05) is 17.4 Å². The van der Waals surface area contributed by atoms with Crippen molar-refractivity contribution in [3.63, 3.8) is 0 Å². The van der Waals surface area contributed by atoms with Crippen LogP contribution in [0.3, 0.4) is 0 Å². The van der Waals surface area contributed by atoms with Gasteiger partial charge >= 0.3 is 6.72 Å². The zero-order valence-corrected chi connectivity index (χ0v) is 19.5. The molecule has 0 amide bonds. The molecule has 160 valence electrons. The molecule has 0 spiro atoms. The Morgan fingerprint density at radius 1 is 1.21 bits per heavy atom. The Kier molecular flexibility index (Phi) is 7.02. The first kappa shape index (κ1) is 21.8. The van der Waals surface area contributed by atoms with E-state index in [2.05, 4.69) is 28.8 Å². The summed E-state index contributed by atoms with van der Waals surface area (Å²) in [5, 5.41) is 0. The SMILES string of the molecule is CC1C(C)[C@@H](COP2(=S)OCCSSCCO2)O[C@H]1n1cnc2c(N)ncnc21. The number of hydrogen-bond acceptors (Lipinski definition) is 11. The van der Waals surface area contributed by atoms with Crippen molar-refractivity contribution in [2.75, 3.05) is 37.1 Å². The number of anilines is 1. The van der Waals surface area contributed by atoms with Gasteiger partial charge in [0.1, 0.15) is 18.1 Å². The minimum Gasteiger partial charge on any atom is -0.382 e. The Bertz CT molecular complexity index is 889. The maximum absolute atomic E-state index is 6.34. The smallest absolute Gasteiger partial charge is 0.327 e. The van der Waals surface area contributed by atoms with Gasteiger partial charge in [-0.05, 0) is 17.7 Å². The van der Waals surface area contributed by atoms with Crippen molar-refractivity contribution in [1.29, 1.82) is 0 Å². The van der Waals surface area contributed by atoms with Gasteiger partial charge in [0.2, 0.25) is 0 Å². The van der Waals surface area contributed by atoms with Crippen LogP contribution >= 0.6 is 28.3 Å². The van der Waals surface area contributed by atoms with Crippen molar-refractivity contribution in [3.05, 3.63) is 12.7 Å². The first-order valence-corrected chi connectivity index (χ1v) is 14.4. The topological polar surface area (TPSA) is 107 Å². The first-order valence-electron chi connectivity index (χ1n) is 9.35. The van der Waals surface area contributed by atoms with Crippen LogP contribution in [0.15, 0.2) is 12.7 Å². The van der Waals surface area contributed by atoms with E-state index in [-0.39, 0.29) is 24.2 Å². The minimum absolute atomic E-state index is 0.143. The number of ether oxygens (including phenoxy) is 1. The molecular formula is C16H24N5O4PS3. The van der Waals surface area contributed by atoms with E-state index < -0.39 is 6.72 Å². The molecule has 2 fully saturated rings. The van der Waals surface area contributed by atoms with Crippen LogP contribution in [0, 0.1) is 11.8 Å². The third-order valence-electron chi connectivity index (χ3n) is 5.15. The van der Waals surface area contributed by atoms with Crippen LogP contribution in [0.2, 0.25) is 0 Å². The molecule has 4 heterocycles. The van der Waals surface area contributed by atoms with Crippen molar-refractivity contribution in [3.8, 4) is 0 Å². The number of rotatable bonds is 4. The van der Waals surface area contributed by atoms with E-state index in [4.69, 9.17) is 35.8 Å². The highest BCUT2D eigenvalue weighted by atomic mass is 33.1. The summed E-state index contributed by atoms with van der Waals surface area (Å²) in [5.74, 6) is 2.54. The number of nitrogens with two attached hydrogens (primary N) is 1. The maximum atomic E-state index is 6.34. The normalized spacial score (nSPS) is 30.7. The Labute approximate surface area is 182 Å². The van der Waals surface area contributed by atoms with Crippen molar-refractivity contribution >= 4 is 57.1 Å². The zero-order valence-electron chi connectivity index (χ0n) is 16.2. The number of aromatic nitrogens is 4. The largest absolute Gasteiger partial charge is 0.382 e. The lowest BCUT2D eigenvalue weighted by molar-refractivity contribution is -0.0326. The summed E-state index contributed by atoms with van der Waals surface area (Å²) in [4.78, 5) is 12.7. The summed E-state index contributed by atoms with van der Waals surface area (Å²) in [7, 11) is 3.53. The van der Waals surface area contributed by atoms with Crippen LogP contribution in [0.1, 0.15) is 20.1 Å². The van der Waals surface area contributed by atoms with E-state index in [0.717, 1.165) is 11.5 Å². The highest BCUT2D eigenvalue weighted by molar-refractivity contribution is 8.76. The summed E-state index contributed by atoms with van der Waals surface area (Å²) in [6, 6.07) is 0. The number of nitrogens with zero attached hydrogens (tertiary/aromatic N) is 4. The lowest BCUT2D eigenvalue weighted by atomic mass is 9.93. The van der Waals surface area contributed by atoms with Crippen LogP contribution in [0.5, 0.6) is 0 Å². The Morgan fingerprint density at radius 2 is 1.93 bits per heavy atom. The molecule has 2 aromatic rings. The monoisotopic (exact) mass is 477 g/mol. The third-order valence-corrected chi connectivity index (χ3v) is 9.90. The van der Waals surface area contributed by atoms with Crippen molar-refractivity contribution in [1.82, 2.24) is 19.5 Å². The molecular weight excluding hydrogens is 453 g/mol. The van der Waals surface area contributed by atoms with Gasteiger partial charge in [0.05, 0.1) is 32.3 Å². The Hall–Kier alpha value is -0.460. The number of fused-ring (bicyclic) bond motifs is 1. The second-order valence-corrected chi connectivity index (χ2v) is 12.6. The number of hydrogen-bond donors (Lipinski definition) is 1. The van der Waals surface area contributed by atoms with Crippen molar-refractivity contribution < 1.29 is 18.3 Å². The van der Waals surface area contributed by atoms with Crippen LogP contribution in [0.4, 0.5) is 5.82 Å². The highest BCUT2D eigenvalue weighted by Crippen LogP contribution is 2.52. The van der Waals surface area contributed by atoms with Crippen LogP contribution < -0.4 is 5.73 Å². The predicted octanol–water partition coefficient (Wildman–Crippen LogP) is 3.25. The van der Waals surface area contributed by atoms with E-state index in [1.165, 1.54) is 6.33 Å². The molecule has 2 aliphatic heterocycles. The van der Waals surface area contributed by atoms with Gasteiger partial charge in [-0.1, -0.05) is 35.4 Å². The molecule has 13 heteroatoms. The van der Waals surface area contributed by atoms with Crippen LogP contribution in [-0.2, 0) is 30.1 Å². The summed E-state index contributed by atoms with van der Waals surface area (Å²) in [6.07, 6.45) is 2.77. The fraction of sp³-hybridized carbons (Fsp3) is 0.688. The van der Waals surface area contributed by atoms with Crippen LogP contribution in [-0.4, -0.2) is 56.9 Å². The summed E-state index contributed by atoms with van der Waals surface area (Å²) in [6.45, 7) is 2.90. The highest BCUT2D eigenvalue weighted by Gasteiger charge is 2.42. The molecule has 29 heavy (non-hydrogen) atoms. The predicted molar refractivity (Wildman–Crippen MR) is 119 cm³/mol. The molecule has 0 aliphatic carbocycles. The third kappa shape index (κ3) is 4.74. The average molecular weight is 478 g/mol. The van der Waals surface area contributed by atoms with Gasteiger partial charge in [-0.3, -0.25) is 4.57 Å². The minimum atomic E-state index is -2.77. The lowest BCUT2D eigenvalue weighted by Crippen LogP contribution is -2.22. The summed E-state index contributed by atoms with van der Waals surface area (Å²) < 4.78 is 25.8. The quantitative estimate of drug-likeness (QED) is 0.518. The van der Waals surface area contributed by atoms with E-state index in [1.54, 1.807) is 27.9 Å². The van der Waals surface area contributed by atoms with Gasteiger partial charge < -0.3 is 24.0 Å². The molecule has 0 radical (unpaired) electrons. The molecule has 0 bridgehead atoms. The molecule has 0 aromatic carbocycles. The molecule has 4 rings (SSSR count). The lowest BCUT2D eigenvalue weighted by Gasteiger charge is -2.24. The van der Waals surface area contributed by atoms with Crippen molar-refractivity contribution in [2.24, 2.45) is 11.8 Å². The fourth-order valence-electron chi connectivity index (χ4n) is 3.35. The molecule has 2 N–H and O–H groups in total. The fourth-order valence-corrected chi connectivity index (χ4v) is 7.07. The second-order valence-electron chi connectivity index (χ2n) is 6.92. The molecule has 4 atom stereocenters. The van der Waals surface area contributed by atoms with E-state index in [1.807, 2.05) is 4.57 Å². The summed E-state index contributed by atoms with van der Waals surface area (Å²) in [5.41, 5.74) is 7.15.